The van der Waals surface area contributed by atoms with Gasteiger partial charge in [-0.15, -0.1) is 10.1 Å². The molecule has 1 aliphatic heterocycles. The molecule has 0 aliphatic carbocycles. The van der Waals surface area contributed by atoms with Gasteiger partial charge in [0.1, 0.15) is 6.61 Å². The van der Waals surface area contributed by atoms with Gasteiger partial charge in [-0.2, -0.15) is 10.4 Å². The van der Waals surface area contributed by atoms with Gasteiger partial charge in [-0.05, 0) is 75.8 Å². The third kappa shape index (κ3) is 10.1. The molecule has 4 aromatic rings. The lowest BCUT2D eigenvalue weighted by molar-refractivity contribution is -0.719. The van der Waals surface area contributed by atoms with E-state index in [0.29, 0.717) is 54.4 Å². The van der Waals surface area contributed by atoms with Crippen molar-refractivity contribution in [3.05, 3.63) is 88.6 Å². The Morgan fingerprint density at radius 3 is 2.50 bits per heavy atom. The van der Waals surface area contributed by atoms with Crippen LogP contribution in [0, 0.1) is 5.21 Å². The van der Waals surface area contributed by atoms with Crippen LogP contribution in [0.4, 0.5) is 4.79 Å². The summed E-state index contributed by atoms with van der Waals surface area (Å²) in [5.74, 6) is -0.708. The Morgan fingerprint density at radius 2 is 1.78 bits per heavy atom. The molecule has 54 heavy (non-hydrogen) atoms. The summed E-state index contributed by atoms with van der Waals surface area (Å²) in [6, 6.07) is 21.5. The largest absolute Gasteiger partial charge is 0.569 e. The molecule has 0 bridgehead atoms. The smallest absolute Gasteiger partial charge is 0.511 e. The molecule has 17 nitrogen and oxygen atoms in total. The summed E-state index contributed by atoms with van der Waals surface area (Å²) in [5.41, 5.74) is 10.5. The predicted octanol–water partition coefficient (Wildman–Crippen LogP) is 6.99. The van der Waals surface area contributed by atoms with Gasteiger partial charge in [0.05, 0.1) is 53.9 Å². The zero-order valence-electron chi connectivity index (χ0n) is 31.4. The number of para-hydroxylation sites is 1. The molecule has 0 spiro atoms. The third-order valence-electron chi connectivity index (χ3n) is 8.50. The number of benzene rings is 3. The Labute approximate surface area is 313 Å². The Morgan fingerprint density at radius 1 is 1.02 bits per heavy atom. The van der Waals surface area contributed by atoms with Crippen LogP contribution in [0.2, 0.25) is 0 Å². The number of rotatable bonds is 17. The van der Waals surface area contributed by atoms with Crippen molar-refractivity contribution in [3.8, 4) is 17.1 Å². The van der Waals surface area contributed by atoms with E-state index in [0.717, 1.165) is 22.3 Å². The van der Waals surface area contributed by atoms with E-state index in [1.807, 2.05) is 80.8 Å². The quantitative estimate of drug-likeness (QED) is 0.0282. The predicted molar refractivity (Wildman–Crippen MR) is 196 cm³/mol. The number of ether oxygens (including phenoxy) is 4. The molecule has 0 fully saturated rings. The van der Waals surface area contributed by atoms with E-state index in [1.165, 1.54) is 11.9 Å². The second kappa shape index (κ2) is 18.2. The second-order valence-electron chi connectivity index (χ2n) is 13.4. The van der Waals surface area contributed by atoms with Crippen molar-refractivity contribution in [3.63, 3.8) is 0 Å². The van der Waals surface area contributed by atoms with Crippen molar-refractivity contribution in [2.75, 3.05) is 26.9 Å². The molecule has 1 aromatic heterocycles. The number of nitrogens with one attached hydrogen (secondary N) is 2. The number of aromatic nitrogens is 2. The third-order valence-corrected chi connectivity index (χ3v) is 8.50. The van der Waals surface area contributed by atoms with Crippen LogP contribution in [0.5, 0.6) is 6.01 Å². The first-order valence-electron chi connectivity index (χ1n) is 17.7. The van der Waals surface area contributed by atoms with Crippen LogP contribution >= 0.6 is 0 Å². The number of imidazole rings is 1. The van der Waals surface area contributed by atoms with Gasteiger partial charge in [-0.1, -0.05) is 59.8 Å². The van der Waals surface area contributed by atoms with Gasteiger partial charge in [-0.25, -0.2) is 15.1 Å². The molecule has 3 aromatic carbocycles. The molecule has 0 saturated heterocycles. The minimum absolute atomic E-state index is 0.0878. The highest BCUT2D eigenvalue weighted by molar-refractivity contribution is 6.02. The minimum Gasteiger partial charge on any atom is -0.569 e. The maximum Gasteiger partial charge on any atom is 0.511 e. The van der Waals surface area contributed by atoms with Crippen molar-refractivity contribution in [2.24, 2.45) is 15.6 Å². The number of unbranched alkanes of at least 4 members (excludes halogenated alkanes) is 2. The van der Waals surface area contributed by atoms with Gasteiger partial charge in [0.25, 0.3) is 6.01 Å². The Hall–Kier alpha value is -5.97. The fraction of sp³-hybridized carbons (Fsp3) is 0.432. The van der Waals surface area contributed by atoms with E-state index in [2.05, 4.69) is 31.6 Å². The lowest BCUT2D eigenvalue weighted by Crippen LogP contribution is -2.42. The van der Waals surface area contributed by atoms with Crippen molar-refractivity contribution in [1.82, 2.24) is 25.5 Å². The molecule has 1 aliphatic rings. The minimum atomic E-state index is -1.23. The van der Waals surface area contributed by atoms with E-state index < -0.39 is 24.0 Å². The van der Waals surface area contributed by atoms with Crippen molar-refractivity contribution < 1.29 is 38.3 Å². The van der Waals surface area contributed by atoms with E-state index in [-0.39, 0.29) is 24.9 Å². The van der Waals surface area contributed by atoms with Crippen LogP contribution in [-0.4, -0.2) is 70.4 Å². The molecule has 0 amide bonds. The maximum atomic E-state index is 13.5. The summed E-state index contributed by atoms with van der Waals surface area (Å²) in [5, 5.41) is 24.9. The molecule has 2 heterocycles. The Balaban J connectivity index is 1.16. The zero-order valence-corrected chi connectivity index (χ0v) is 31.4. The van der Waals surface area contributed by atoms with Crippen LogP contribution in [0.1, 0.15) is 81.5 Å². The number of carbonyl (C=O) groups is 2. The molecule has 0 radical (unpaired) electrons. The van der Waals surface area contributed by atoms with E-state index in [4.69, 9.17) is 23.8 Å². The van der Waals surface area contributed by atoms with E-state index in [1.54, 1.807) is 25.2 Å². The monoisotopic (exact) mass is 745 g/mol. The molecule has 5 rings (SSSR count). The highest BCUT2D eigenvalue weighted by Crippen LogP contribution is 2.31. The molecule has 288 valence electrons. The van der Waals surface area contributed by atoms with E-state index >= 15 is 0 Å². The summed E-state index contributed by atoms with van der Waals surface area (Å²) in [7, 11) is 1.62. The zero-order chi connectivity index (χ0) is 38.7. The average Bonchev–Trinajstić information content (AvgIpc) is 3.81. The molecule has 17 heteroatoms. The maximum absolute atomic E-state index is 13.5. The fourth-order valence-corrected chi connectivity index (χ4v) is 5.44. The number of nitrogens with zero attached hydrogens (tertiary/aromatic N) is 7. The normalized spacial score (nSPS) is 14.7. The van der Waals surface area contributed by atoms with Gasteiger partial charge in [-0.3, -0.25) is 4.57 Å². The number of hydrogen-bond acceptors (Lipinski definition) is 14. The number of hydrazine groups is 2. The number of hydrogen-bond donors (Lipinski definition) is 2. The number of fused-ring (bicyclic) bond motifs is 1. The lowest BCUT2D eigenvalue weighted by atomic mass is 9.97. The first-order chi connectivity index (χ1) is 26.0. The Bertz CT molecular complexity index is 1940. The fourth-order valence-electron chi connectivity index (χ4n) is 5.44. The van der Waals surface area contributed by atoms with Gasteiger partial charge in [0, 0.05) is 12.5 Å². The molecule has 0 saturated carbocycles. The van der Waals surface area contributed by atoms with Crippen molar-refractivity contribution in [2.45, 2.75) is 78.4 Å². The summed E-state index contributed by atoms with van der Waals surface area (Å²) in [6.07, 6.45) is -0.713. The Kier molecular flexibility index (Phi) is 13.2. The van der Waals surface area contributed by atoms with Crippen molar-refractivity contribution >= 4 is 23.2 Å². The SMILES string of the molecule is CCOc1nc2cccc(C(=O)OC(C)OC(=O)OCCCCCO/N=[N+](\[O-])N(C)C(C)(C)C)c2n1Cc1ccc(-c2ccccc2C2N=NNN2)cc1. The van der Waals surface area contributed by atoms with Crippen LogP contribution in [0.15, 0.2) is 82.3 Å². The lowest BCUT2D eigenvalue weighted by Gasteiger charge is -2.26. The van der Waals surface area contributed by atoms with Crippen LogP contribution < -0.4 is 15.7 Å². The van der Waals surface area contributed by atoms with Gasteiger partial charge in [0.2, 0.25) is 11.6 Å². The molecular formula is C37H47N9O8. The standard InChI is InChI=1S/C37H47N9O8/c1-7-50-35-38-31-17-13-16-30(34(47)53-25(2)54-36(48)51-22-11-8-12-23-52-43-46(49)44(6)37(3,4)5)32(31)45(35)24-26-18-20-27(21-19-26)28-14-9-10-15-29(28)33-39-41-42-40-33/h9-10,13-21,25,33H,7-8,11-12,22-24H2,1-6H3,(H,39,42)(H,40,41)/b46-43-. The molecule has 2 N–H and O–H groups in total. The first kappa shape index (κ1) is 39.2. The summed E-state index contributed by atoms with van der Waals surface area (Å²) >= 11 is 0. The summed E-state index contributed by atoms with van der Waals surface area (Å²) < 4.78 is 23.5. The second-order valence-corrected chi connectivity index (χ2v) is 13.4. The van der Waals surface area contributed by atoms with Crippen molar-refractivity contribution in [1.29, 1.82) is 0 Å². The average molecular weight is 746 g/mol. The van der Waals surface area contributed by atoms with Gasteiger partial charge >= 0.3 is 12.1 Å². The van der Waals surface area contributed by atoms with Crippen LogP contribution in [0.25, 0.3) is 22.2 Å². The van der Waals surface area contributed by atoms with Crippen LogP contribution in [-0.2, 0) is 25.6 Å². The summed E-state index contributed by atoms with van der Waals surface area (Å²) in [6.45, 7) is 9.98. The van der Waals surface area contributed by atoms with Gasteiger partial charge < -0.3 is 29.0 Å². The summed E-state index contributed by atoms with van der Waals surface area (Å²) in [4.78, 5) is 35.9. The van der Waals surface area contributed by atoms with Gasteiger partial charge in [0.15, 0.2) is 6.17 Å². The molecular weight excluding hydrogens is 698 g/mol. The van der Waals surface area contributed by atoms with E-state index in [9.17, 15) is 14.8 Å². The number of carbonyl (C=O) groups excluding carboxylic acids is 2. The first-order valence-corrected chi connectivity index (χ1v) is 17.7. The molecule has 2 unspecified atom stereocenters. The highest BCUT2D eigenvalue weighted by Gasteiger charge is 2.25. The topological polar surface area (TPSA) is 189 Å². The highest BCUT2D eigenvalue weighted by atomic mass is 16.8. The van der Waals surface area contributed by atoms with Crippen LogP contribution in [0.3, 0.4) is 0 Å². The number of esters is 1. The molecule has 2 atom stereocenters.